The van der Waals surface area contributed by atoms with Crippen LogP contribution >= 0.6 is 11.6 Å². The molecule has 0 aliphatic carbocycles. The topological polar surface area (TPSA) is 96.0 Å². The molecule has 34 heavy (non-hydrogen) atoms. The third-order valence-corrected chi connectivity index (χ3v) is 6.86. The van der Waals surface area contributed by atoms with Crippen LogP contribution in [0.2, 0.25) is 5.02 Å². The molecule has 0 aromatic heterocycles. The third kappa shape index (κ3) is 7.11. The molecule has 2 rings (SSSR count). The van der Waals surface area contributed by atoms with Gasteiger partial charge in [-0.3, -0.25) is 13.9 Å². The van der Waals surface area contributed by atoms with E-state index in [1.165, 1.54) is 30.2 Å². The minimum absolute atomic E-state index is 0.160. The van der Waals surface area contributed by atoms with Gasteiger partial charge in [0, 0.05) is 13.1 Å². The van der Waals surface area contributed by atoms with Crippen molar-refractivity contribution in [2.75, 3.05) is 30.8 Å². The molecule has 0 fully saturated rings. The van der Waals surface area contributed by atoms with Crippen LogP contribution in [0.5, 0.6) is 5.75 Å². The molecule has 0 aliphatic heterocycles. The van der Waals surface area contributed by atoms with Gasteiger partial charge in [0.15, 0.2) is 0 Å². The Hall–Kier alpha value is -2.78. The number of nitrogens with zero attached hydrogens (tertiary/aromatic N) is 2. The molecule has 0 heterocycles. The number of rotatable bonds is 11. The van der Waals surface area contributed by atoms with Gasteiger partial charge >= 0.3 is 0 Å². The first-order valence-corrected chi connectivity index (χ1v) is 13.1. The fraction of sp³-hybridized carbons (Fsp3) is 0.417. The molecule has 0 radical (unpaired) electrons. The highest BCUT2D eigenvalue weighted by atomic mass is 35.5. The maximum Gasteiger partial charge on any atom is 0.244 e. The number of ether oxygens (including phenoxy) is 1. The van der Waals surface area contributed by atoms with Crippen molar-refractivity contribution in [3.05, 3.63) is 58.6 Å². The molecule has 1 unspecified atom stereocenters. The van der Waals surface area contributed by atoms with Gasteiger partial charge in [-0.15, -0.1) is 0 Å². The smallest absolute Gasteiger partial charge is 0.244 e. The largest absolute Gasteiger partial charge is 0.495 e. The number of methoxy groups -OCH3 is 1. The lowest BCUT2D eigenvalue weighted by Crippen LogP contribution is -2.51. The molecule has 0 aliphatic rings. The average Bonchev–Trinajstić information content (AvgIpc) is 2.79. The van der Waals surface area contributed by atoms with E-state index < -0.39 is 28.5 Å². The van der Waals surface area contributed by atoms with Crippen LogP contribution < -0.4 is 14.4 Å². The van der Waals surface area contributed by atoms with Crippen molar-refractivity contribution < 1.29 is 22.7 Å². The van der Waals surface area contributed by atoms with Crippen molar-refractivity contribution in [1.82, 2.24) is 10.2 Å². The Labute approximate surface area is 206 Å². The minimum Gasteiger partial charge on any atom is -0.495 e. The van der Waals surface area contributed by atoms with E-state index >= 15 is 0 Å². The number of amides is 2. The molecule has 2 amide bonds. The van der Waals surface area contributed by atoms with Crippen LogP contribution in [0.15, 0.2) is 42.5 Å². The maximum atomic E-state index is 13.5. The zero-order valence-corrected chi connectivity index (χ0v) is 21.7. The zero-order valence-electron chi connectivity index (χ0n) is 20.2. The monoisotopic (exact) mass is 509 g/mol. The highest BCUT2D eigenvalue weighted by Crippen LogP contribution is 2.30. The van der Waals surface area contributed by atoms with Gasteiger partial charge in [-0.25, -0.2) is 8.42 Å². The number of aryl methyl sites for hydroxylation is 1. The first kappa shape index (κ1) is 27.5. The summed E-state index contributed by atoms with van der Waals surface area (Å²) < 4.78 is 31.3. The number of sulfonamides is 1. The fourth-order valence-corrected chi connectivity index (χ4v) is 4.47. The third-order valence-electron chi connectivity index (χ3n) is 5.42. The summed E-state index contributed by atoms with van der Waals surface area (Å²) in [6.07, 6.45) is 1.77. The van der Waals surface area contributed by atoms with Gasteiger partial charge in [0.25, 0.3) is 0 Å². The van der Waals surface area contributed by atoms with Crippen molar-refractivity contribution in [3.8, 4) is 5.75 Å². The van der Waals surface area contributed by atoms with E-state index in [-0.39, 0.29) is 23.2 Å². The molecular weight excluding hydrogens is 478 g/mol. The van der Waals surface area contributed by atoms with Gasteiger partial charge < -0.3 is 15.0 Å². The van der Waals surface area contributed by atoms with Crippen molar-refractivity contribution in [2.45, 2.75) is 39.8 Å². The Kier molecular flexibility index (Phi) is 9.76. The molecule has 0 spiro atoms. The second-order valence-corrected chi connectivity index (χ2v) is 10.3. The average molecular weight is 510 g/mol. The number of benzene rings is 2. The Bertz CT molecular complexity index is 1120. The van der Waals surface area contributed by atoms with E-state index in [0.29, 0.717) is 12.3 Å². The fourth-order valence-electron chi connectivity index (χ4n) is 3.37. The standard InChI is InChI=1S/C24H32ClN3O5S/c1-6-13-26-24(30)18(3)27(15-19-10-8-7-9-17(19)2)23(29)16-28(34(5,31)32)20-11-12-22(33-4)21(25)14-20/h7-12,14,18H,6,13,15-16H2,1-5H3,(H,26,30). The summed E-state index contributed by atoms with van der Waals surface area (Å²) >= 11 is 6.19. The van der Waals surface area contributed by atoms with E-state index in [2.05, 4.69) is 5.32 Å². The molecule has 2 aromatic carbocycles. The van der Waals surface area contributed by atoms with Gasteiger partial charge in [0.1, 0.15) is 18.3 Å². The van der Waals surface area contributed by atoms with Gasteiger partial charge in [0.2, 0.25) is 21.8 Å². The molecule has 1 N–H and O–H groups in total. The van der Waals surface area contributed by atoms with Crippen LogP contribution in [0.3, 0.4) is 0 Å². The number of hydrogen-bond donors (Lipinski definition) is 1. The molecule has 0 saturated carbocycles. The number of nitrogens with one attached hydrogen (secondary N) is 1. The molecular formula is C24H32ClN3O5S. The summed E-state index contributed by atoms with van der Waals surface area (Å²) in [5.74, 6) is -0.436. The van der Waals surface area contributed by atoms with Gasteiger partial charge in [0.05, 0.1) is 24.1 Å². The van der Waals surface area contributed by atoms with Gasteiger partial charge in [-0.05, 0) is 49.6 Å². The molecule has 8 nitrogen and oxygen atoms in total. The first-order valence-electron chi connectivity index (χ1n) is 10.9. The molecule has 0 bridgehead atoms. The van der Waals surface area contributed by atoms with E-state index in [9.17, 15) is 18.0 Å². The van der Waals surface area contributed by atoms with Crippen LogP contribution in [0, 0.1) is 6.92 Å². The Morgan fingerprint density at radius 3 is 2.41 bits per heavy atom. The van der Waals surface area contributed by atoms with Gasteiger partial charge in [-0.1, -0.05) is 42.8 Å². The lowest BCUT2D eigenvalue weighted by atomic mass is 10.1. The van der Waals surface area contributed by atoms with E-state index in [1.807, 2.05) is 38.1 Å². The second-order valence-electron chi connectivity index (χ2n) is 8.00. The molecule has 0 saturated heterocycles. The number of carbonyl (C=O) groups excluding carboxylic acids is 2. The number of anilines is 1. The summed E-state index contributed by atoms with van der Waals surface area (Å²) in [5, 5.41) is 3.02. The van der Waals surface area contributed by atoms with E-state index in [0.717, 1.165) is 28.1 Å². The van der Waals surface area contributed by atoms with Gasteiger partial charge in [-0.2, -0.15) is 0 Å². The quantitative estimate of drug-likeness (QED) is 0.501. The lowest BCUT2D eigenvalue weighted by Gasteiger charge is -2.32. The summed E-state index contributed by atoms with van der Waals surface area (Å²) in [5.41, 5.74) is 2.05. The summed E-state index contributed by atoms with van der Waals surface area (Å²) in [6, 6.07) is 11.2. The van der Waals surface area contributed by atoms with Crippen molar-refractivity contribution in [1.29, 1.82) is 0 Å². The molecule has 2 aromatic rings. The van der Waals surface area contributed by atoms with Crippen molar-refractivity contribution in [3.63, 3.8) is 0 Å². The van der Waals surface area contributed by atoms with Crippen LogP contribution in [0.25, 0.3) is 0 Å². The first-order chi connectivity index (χ1) is 16.0. The highest BCUT2D eigenvalue weighted by Gasteiger charge is 2.30. The van der Waals surface area contributed by atoms with Crippen LogP contribution in [0.4, 0.5) is 5.69 Å². The predicted molar refractivity (Wildman–Crippen MR) is 135 cm³/mol. The number of hydrogen-bond acceptors (Lipinski definition) is 5. The number of halogens is 1. The van der Waals surface area contributed by atoms with Crippen LogP contribution in [0.1, 0.15) is 31.4 Å². The lowest BCUT2D eigenvalue weighted by molar-refractivity contribution is -0.139. The summed E-state index contributed by atoms with van der Waals surface area (Å²) in [6.45, 7) is 5.64. The van der Waals surface area contributed by atoms with Crippen molar-refractivity contribution >= 4 is 39.1 Å². The molecule has 10 heteroatoms. The molecule has 1 atom stereocenters. The predicted octanol–water partition coefficient (Wildman–Crippen LogP) is 3.37. The van der Waals surface area contributed by atoms with E-state index in [4.69, 9.17) is 16.3 Å². The molecule has 186 valence electrons. The Morgan fingerprint density at radius 1 is 1.18 bits per heavy atom. The minimum atomic E-state index is -3.84. The zero-order chi connectivity index (χ0) is 25.5. The maximum absolute atomic E-state index is 13.5. The highest BCUT2D eigenvalue weighted by molar-refractivity contribution is 7.92. The Balaban J connectivity index is 2.41. The van der Waals surface area contributed by atoms with E-state index in [1.54, 1.807) is 6.92 Å². The van der Waals surface area contributed by atoms with Crippen LogP contribution in [-0.4, -0.2) is 57.6 Å². The normalized spacial score (nSPS) is 12.1. The summed E-state index contributed by atoms with van der Waals surface area (Å²) in [4.78, 5) is 27.6. The Morgan fingerprint density at radius 2 is 1.85 bits per heavy atom. The van der Waals surface area contributed by atoms with Crippen LogP contribution in [-0.2, 0) is 26.2 Å². The van der Waals surface area contributed by atoms with Crippen molar-refractivity contribution in [2.24, 2.45) is 0 Å². The SMILES string of the molecule is CCCNC(=O)C(C)N(Cc1ccccc1C)C(=O)CN(c1ccc(OC)c(Cl)c1)S(C)(=O)=O. The summed E-state index contributed by atoms with van der Waals surface area (Å²) in [7, 11) is -2.39. The number of carbonyl (C=O) groups is 2. The second kappa shape index (κ2) is 12.1.